The lowest BCUT2D eigenvalue weighted by Crippen LogP contribution is -2.20. The standard InChI is InChI=1S/C11H7F6NO2.ClH/c12-10(13,14)6-1-5(8-4-20-9(19)18-8)2-7(3-6)11(15,16)17;/h1-3,8H,4H2,(H,18,19);1H/t8-;/m0./s1. The third-order valence-electron chi connectivity index (χ3n) is 2.69. The van der Waals surface area contributed by atoms with Crippen LogP contribution in [-0.2, 0) is 17.1 Å². The third-order valence-corrected chi connectivity index (χ3v) is 2.69. The van der Waals surface area contributed by atoms with E-state index in [2.05, 4.69) is 10.1 Å². The van der Waals surface area contributed by atoms with Crippen molar-refractivity contribution in [3.05, 3.63) is 34.9 Å². The number of halogens is 7. The number of amides is 1. The van der Waals surface area contributed by atoms with Crippen molar-refractivity contribution in [3.63, 3.8) is 0 Å². The van der Waals surface area contributed by atoms with Crippen LogP contribution in [-0.4, -0.2) is 12.7 Å². The van der Waals surface area contributed by atoms with Gasteiger partial charge in [-0.05, 0) is 23.8 Å². The molecule has 0 saturated carbocycles. The summed E-state index contributed by atoms with van der Waals surface area (Å²) in [7, 11) is 0. The Kier molecular flexibility index (Phi) is 4.66. The summed E-state index contributed by atoms with van der Waals surface area (Å²) in [6.45, 7) is -0.322. The van der Waals surface area contributed by atoms with Gasteiger partial charge in [-0.3, -0.25) is 0 Å². The van der Waals surface area contributed by atoms with Crippen molar-refractivity contribution < 1.29 is 35.9 Å². The van der Waals surface area contributed by atoms with Gasteiger partial charge in [0.2, 0.25) is 0 Å². The minimum Gasteiger partial charge on any atom is -0.447 e. The van der Waals surface area contributed by atoms with Crippen molar-refractivity contribution >= 4 is 18.5 Å². The van der Waals surface area contributed by atoms with Crippen LogP contribution in [0.1, 0.15) is 22.7 Å². The highest BCUT2D eigenvalue weighted by molar-refractivity contribution is 5.85. The van der Waals surface area contributed by atoms with Crippen molar-refractivity contribution in [1.82, 2.24) is 5.32 Å². The summed E-state index contributed by atoms with van der Waals surface area (Å²) in [6.07, 6.45) is -10.7. The largest absolute Gasteiger partial charge is 0.447 e. The van der Waals surface area contributed by atoms with Crippen molar-refractivity contribution in [3.8, 4) is 0 Å². The van der Waals surface area contributed by atoms with Crippen molar-refractivity contribution in [2.75, 3.05) is 6.61 Å². The van der Waals surface area contributed by atoms with E-state index in [0.29, 0.717) is 12.1 Å². The number of ether oxygens (including phenoxy) is 1. The average molecular weight is 336 g/mol. The molecule has 0 aromatic heterocycles. The number of hydrogen-bond acceptors (Lipinski definition) is 2. The summed E-state index contributed by atoms with van der Waals surface area (Å²) >= 11 is 0. The van der Waals surface area contributed by atoms with Gasteiger partial charge in [0.15, 0.2) is 0 Å². The fraction of sp³-hybridized carbons (Fsp3) is 0.364. The van der Waals surface area contributed by atoms with Gasteiger partial charge in [0.25, 0.3) is 0 Å². The number of nitrogens with one attached hydrogen (secondary N) is 1. The molecule has 1 aliphatic rings. The molecular weight excluding hydrogens is 328 g/mol. The SMILES string of the molecule is Cl.O=C1N[C@H](c2cc(C(F)(F)F)cc(C(F)(F)F)c2)CO1. The van der Waals surface area contributed by atoms with Gasteiger partial charge in [0.05, 0.1) is 17.2 Å². The highest BCUT2D eigenvalue weighted by Crippen LogP contribution is 2.37. The van der Waals surface area contributed by atoms with E-state index < -0.39 is 35.6 Å². The molecule has 0 aliphatic carbocycles. The second-order valence-electron chi connectivity index (χ2n) is 4.13. The zero-order valence-electron chi connectivity index (χ0n) is 10.0. The van der Waals surface area contributed by atoms with Crippen molar-refractivity contribution in [2.24, 2.45) is 0 Å². The van der Waals surface area contributed by atoms with Gasteiger partial charge >= 0.3 is 18.4 Å². The molecule has 2 rings (SSSR count). The number of rotatable bonds is 1. The first-order chi connectivity index (χ1) is 9.07. The summed E-state index contributed by atoms with van der Waals surface area (Å²) in [5.41, 5.74) is -3.16. The normalized spacial score (nSPS) is 18.8. The Morgan fingerprint density at radius 2 is 1.48 bits per heavy atom. The Bertz CT molecular complexity index is 510. The van der Waals surface area contributed by atoms with Crippen LogP contribution in [0.15, 0.2) is 18.2 Å². The monoisotopic (exact) mass is 335 g/mol. The molecule has 1 atom stereocenters. The van der Waals surface area contributed by atoms with Gasteiger partial charge in [-0.2, -0.15) is 26.3 Å². The summed E-state index contributed by atoms with van der Waals surface area (Å²) < 4.78 is 80.1. The molecule has 21 heavy (non-hydrogen) atoms. The maximum absolute atomic E-state index is 12.6. The molecular formula is C11H8ClF6NO2. The predicted octanol–water partition coefficient (Wildman–Crippen LogP) is 3.93. The number of alkyl halides is 6. The first-order valence-electron chi connectivity index (χ1n) is 5.30. The molecule has 118 valence electrons. The van der Waals surface area contributed by atoms with E-state index >= 15 is 0 Å². The van der Waals surface area contributed by atoms with E-state index in [4.69, 9.17) is 0 Å². The van der Waals surface area contributed by atoms with Gasteiger partial charge in [0.1, 0.15) is 6.61 Å². The molecule has 0 bridgehead atoms. The summed E-state index contributed by atoms with van der Waals surface area (Å²) in [6, 6.07) is 0.121. The predicted molar refractivity (Wildman–Crippen MR) is 60.9 cm³/mol. The fourth-order valence-electron chi connectivity index (χ4n) is 1.74. The molecule has 3 nitrogen and oxygen atoms in total. The van der Waals surface area contributed by atoms with E-state index in [0.717, 1.165) is 0 Å². The topological polar surface area (TPSA) is 38.3 Å². The maximum Gasteiger partial charge on any atom is 0.416 e. The van der Waals surface area contributed by atoms with Crippen LogP contribution in [0.2, 0.25) is 0 Å². The molecule has 1 aromatic carbocycles. The van der Waals surface area contributed by atoms with Crippen molar-refractivity contribution in [2.45, 2.75) is 18.4 Å². The van der Waals surface area contributed by atoms with E-state index in [9.17, 15) is 31.1 Å². The second kappa shape index (κ2) is 5.63. The van der Waals surface area contributed by atoms with E-state index in [1.54, 1.807) is 0 Å². The Balaban J connectivity index is 0.00000220. The first kappa shape index (κ1) is 17.4. The Morgan fingerprint density at radius 1 is 1.00 bits per heavy atom. The number of carbonyl (C=O) groups excluding carboxylic acids is 1. The summed E-state index contributed by atoms with van der Waals surface area (Å²) in [5, 5.41) is 2.13. The molecule has 0 spiro atoms. The van der Waals surface area contributed by atoms with Crippen molar-refractivity contribution in [1.29, 1.82) is 0 Å². The number of alkyl carbamates (subject to hydrolysis) is 1. The molecule has 1 N–H and O–H groups in total. The Hall–Kier alpha value is -1.64. The van der Waals surface area contributed by atoms with Crippen LogP contribution < -0.4 is 5.32 Å². The fourth-order valence-corrected chi connectivity index (χ4v) is 1.74. The number of benzene rings is 1. The summed E-state index contributed by atoms with van der Waals surface area (Å²) in [5.74, 6) is 0. The van der Waals surface area contributed by atoms with Crippen LogP contribution in [0.5, 0.6) is 0 Å². The molecule has 1 aliphatic heterocycles. The van der Waals surface area contributed by atoms with E-state index in [-0.39, 0.29) is 30.6 Å². The lowest BCUT2D eigenvalue weighted by atomic mass is 10.0. The third kappa shape index (κ3) is 3.93. The molecule has 0 radical (unpaired) electrons. The lowest BCUT2D eigenvalue weighted by molar-refractivity contribution is -0.143. The molecule has 10 heteroatoms. The number of hydrogen-bond donors (Lipinski definition) is 1. The average Bonchev–Trinajstić information content (AvgIpc) is 2.73. The lowest BCUT2D eigenvalue weighted by Gasteiger charge is -2.16. The number of cyclic esters (lactones) is 1. The minimum absolute atomic E-state index is 0. The quantitative estimate of drug-likeness (QED) is 0.790. The number of carbonyl (C=O) groups is 1. The van der Waals surface area contributed by atoms with Gasteiger partial charge < -0.3 is 10.1 Å². The van der Waals surface area contributed by atoms with E-state index in [1.807, 2.05) is 0 Å². The van der Waals surface area contributed by atoms with Crippen LogP contribution in [0.25, 0.3) is 0 Å². The smallest absolute Gasteiger partial charge is 0.416 e. The minimum atomic E-state index is -4.92. The van der Waals surface area contributed by atoms with Gasteiger partial charge in [0, 0.05) is 0 Å². The van der Waals surface area contributed by atoms with Gasteiger partial charge in [-0.1, -0.05) is 0 Å². The van der Waals surface area contributed by atoms with Gasteiger partial charge in [-0.15, -0.1) is 12.4 Å². The van der Waals surface area contributed by atoms with Crippen LogP contribution in [0, 0.1) is 0 Å². The zero-order valence-corrected chi connectivity index (χ0v) is 10.8. The molecule has 1 amide bonds. The van der Waals surface area contributed by atoms with Crippen LogP contribution in [0.4, 0.5) is 31.1 Å². The second-order valence-corrected chi connectivity index (χ2v) is 4.13. The first-order valence-corrected chi connectivity index (χ1v) is 5.30. The molecule has 1 heterocycles. The van der Waals surface area contributed by atoms with E-state index in [1.165, 1.54) is 0 Å². The maximum atomic E-state index is 12.6. The highest BCUT2D eigenvalue weighted by atomic mass is 35.5. The molecule has 1 saturated heterocycles. The van der Waals surface area contributed by atoms with Crippen LogP contribution >= 0.6 is 12.4 Å². The van der Waals surface area contributed by atoms with Crippen LogP contribution in [0.3, 0.4) is 0 Å². The Labute approximate surface area is 120 Å². The molecule has 1 fully saturated rings. The summed E-state index contributed by atoms with van der Waals surface area (Å²) in [4.78, 5) is 10.8. The zero-order chi connectivity index (χ0) is 15.1. The Morgan fingerprint density at radius 3 is 1.81 bits per heavy atom. The highest BCUT2D eigenvalue weighted by Gasteiger charge is 2.38. The van der Waals surface area contributed by atoms with Gasteiger partial charge in [-0.25, -0.2) is 4.79 Å². The molecule has 1 aromatic rings. The molecule has 0 unspecified atom stereocenters.